The first kappa shape index (κ1) is 11.8. The number of carboxylic acids is 1. The third kappa shape index (κ3) is 3.40. The SMILES string of the molecule is O=C(O)c1ccc(C=CCCS)c(F)c1. The van der Waals surface area contributed by atoms with Crippen LogP contribution in [0.2, 0.25) is 0 Å². The Kier molecular flexibility index (Phi) is 4.37. The molecule has 0 aliphatic carbocycles. The molecule has 1 aromatic carbocycles. The van der Waals surface area contributed by atoms with E-state index in [-0.39, 0.29) is 5.56 Å². The van der Waals surface area contributed by atoms with Gasteiger partial charge in [0.1, 0.15) is 5.82 Å². The van der Waals surface area contributed by atoms with E-state index in [0.29, 0.717) is 11.3 Å². The fraction of sp³-hybridized carbons (Fsp3) is 0.182. The van der Waals surface area contributed by atoms with Crippen LogP contribution in [-0.4, -0.2) is 16.8 Å². The van der Waals surface area contributed by atoms with Gasteiger partial charge in [-0.2, -0.15) is 12.6 Å². The predicted molar refractivity (Wildman–Crippen MR) is 60.9 cm³/mol. The maximum atomic E-state index is 13.3. The average molecular weight is 226 g/mol. The van der Waals surface area contributed by atoms with Gasteiger partial charge in [0.25, 0.3) is 0 Å². The maximum Gasteiger partial charge on any atom is 0.335 e. The maximum absolute atomic E-state index is 13.3. The number of aromatic carboxylic acids is 1. The van der Waals surface area contributed by atoms with Crippen LogP contribution in [0, 0.1) is 5.82 Å². The fourth-order valence-electron chi connectivity index (χ4n) is 1.08. The largest absolute Gasteiger partial charge is 0.478 e. The Morgan fingerprint density at radius 1 is 1.53 bits per heavy atom. The van der Waals surface area contributed by atoms with E-state index in [2.05, 4.69) is 12.6 Å². The van der Waals surface area contributed by atoms with E-state index in [4.69, 9.17) is 5.11 Å². The lowest BCUT2D eigenvalue weighted by molar-refractivity contribution is 0.0696. The first-order valence-corrected chi connectivity index (χ1v) is 5.08. The summed E-state index contributed by atoms with van der Waals surface area (Å²) in [7, 11) is 0. The van der Waals surface area contributed by atoms with Crippen molar-refractivity contribution >= 4 is 24.7 Å². The smallest absolute Gasteiger partial charge is 0.335 e. The molecule has 0 aliphatic rings. The van der Waals surface area contributed by atoms with Crippen molar-refractivity contribution < 1.29 is 14.3 Å². The third-order valence-corrected chi connectivity index (χ3v) is 2.10. The van der Waals surface area contributed by atoms with Crippen molar-refractivity contribution in [1.29, 1.82) is 0 Å². The van der Waals surface area contributed by atoms with E-state index in [1.807, 2.05) is 0 Å². The minimum atomic E-state index is -1.13. The number of benzene rings is 1. The zero-order valence-electron chi connectivity index (χ0n) is 7.98. The number of hydrogen-bond donors (Lipinski definition) is 2. The van der Waals surface area contributed by atoms with Gasteiger partial charge in [-0.05, 0) is 24.3 Å². The molecule has 0 spiro atoms. The van der Waals surface area contributed by atoms with Gasteiger partial charge in [-0.25, -0.2) is 9.18 Å². The monoisotopic (exact) mass is 226 g/mol. The third-order valence-electron chi connectivity index (χ3n) is 1.84. The first-order chi connectivity index (χ1) is 7.15. The summed E-state index contributed by atoms with van der Waals surface area (Å²) in [5, 5.41) is 8.62. The highest BCUT2D eigenvalue weighted by Gasteiger charge is 2.05. The second-order valence-electron chi connectivity index (χ2n) is 2.96. The van der Waals surface area contributed by atoms with Crippen LogP contribution in [0.25, 0.3) is 6.08 Å². The minimum absolute atomic E-state index is 0.0427. The second-order valence-corrected chi connectivity index (χ2v) is 3.40. The molecule has 0 aromatic heterocycles. The van der Waals surface area contributed by atoms with Crippen LogP contribution in [0.5, 0.6) is 0 Å². The van der Waals surface area contributed by atoms with E-state index in [1.54, 1.807) is 12.2 Å². The minimum Gasteiger partial charge on any atom is -0.478 e. The lowest BCUT2D eigenvalue weighted by atomic mass is 10.1. The molecular formula is C11H11FO2S. The summed E-state index contributed by atoms with van der Waals surface area (Å²) in [5.41, 5.74) is 0.348. The molecule has 2 nitrogen and oxygen atoms in total. The number of halogens is 1. The summed E-state index contributed by atoms with van der Waals surface area (Å²) in [6.45, 7) is 0. The number of carboxylic acid groups (broad SMARTS) is 1. The summed E-state index contributed by atoms with van der Waals surface area (Å²) in [5.74, 6) is -0.948. The average Bonchev–Trinajstić information content (AvgIpc) is 2.20. The summed E-state index contributed by atoms with van der Waals surface area (Å²) in [6.07, 6.45) is 4.17. The van der Waals surface area contributed by atoms with Gasteiger partial charge in [0, 0.05) is 5.56 Å². The molecule has 0 heterocycles. The van der Waals surface area contributed by atoms with Crippen LogP contribution in [0.15, 0.2) is 24.3 Å². The van der Waals surface area contributed by atoms with Crippen LogP contribution >= 0.6 is 12.6 Å². The highest BCUT2D eigenvalue weighted by molar-refractivity contribution is 7.80. The molecule has 1 rings (SSSR count). The van der Waals surface area contributed by atoms with Crippen molar-refractivity contribution in [3.05, 3.63) is 41.2 Å². The molecule has 0 bridgehead atoms. The Hall–Kier alpha value is -1.29. The summed E-state index contributed by atoms with van der Waals surface area (Å²) in [4.78, 5) is 10.5. The second kappa shape index (κ2) is 5.56. The molecule has 0 saturated carbocycles. The molecule has 0 radical (unpaired) electrons. The molecule has 1 aromatic rings. The molecule has 80 valence electrons. The van der Waals surface area contributed by atoms with Gasteiger partial charge in [-0.3, -0.25) is 0 Å². The number of rotatable bonds is 4. The van der Waals surface area contributed by atoms with Crippen LogP contribution in [0.1, 0.15) is 22.3 Å². The van der Waals surface area contributed by atoms with E-state index < -0.39 is 11.8 Å². The molecule has 0 atom stereocenters. The lowest BCUT2D eigenvalue weighted by Gasteiger charge is -1.98. The van der Waals surface area contributed by atoms with E-state index >= 15 is 0 Å². The summed E-state index contributed by atoms with van der Waals surface area (Å²) in [6, 6.07) is 3.85. The van der Waals surface area contributed by atoms with E-state index in [0.717, 1.165) is 12.5 Å². The Balaban J connectivity index is 2.88. The summed E-state index contributed by atoms with van der Waals surface area (Å²) < 4.78 is 13.3. The number of thiol groups is 1. The van der Waals surface area contributed by atoms with Crippen molar-refractivity contribution in [3.8, 4) is 0 Å². The molecule has 0 unspecified atom stereocenters. The van der Waals surface area contributed by atoms with Crippen molar-refractivity contribution in [2.75, 3.05) is 5.75 Å². The van der Waals surface area contributed by atoms with Gasteiger partial charge in [-0.15, -0.1) is 0 Å². The van der Waals surface area contributed by atoms with Crippen molar-refractivity contribution in [2.24, 2.45) is 0 Å². The molecular weight excluding hydrogens is 215 g/mol. The van der Waals surface area contributed by atoms with Gasteiger partial charge in [-0.1, -0.05) is 18.2 Å². The fourth-order valence-corrected chi connectivity index (χ4v) is 1.23. The van der Waals surface area contributed by atoms with Crippen LogP contribution < -0.4 is 0 Å². The number of hydrogen-bond acceptors (Lipinski definition) is 2. The Morgan fingerprint density at radius 3 is 2.80 bits per heavy atom. The predicted octanol–water partition coefficient (Wildman–Crippen LogP) is 2.86. The van der Waals surface area contributed by atoms with Crippen molar-refractivity contribution in [3.63, 3.8) is 0 Å². The van der Waals surface area contributed by atoms with Crippen LogP contribution in [-0.2, 0) is 0 Å². The molecule has 0 fully saturated rings. The Morgan fingerprint density at radius 2 is 2.27 bits per heavy atom. The zero-order chi connectivity index (χ0) is 11.3. The van der Waals surface area contributed by atoms with Crippen molar-refractivity contribution in [1.82, 2.24) is 0 Å². The molecule has 15 heavy (non-hydrogen) atoms. The van der Waals surface area contributed by atoms with Crippen LogP contribution in [0.4, 0.5) is 4.39 Å². The Bertz CT molecular complexity index is 388. The number of allylic oxidation sites excluding steroid dienone is 1. The number of carbonyl (C=O) groups is 1. The normalized spacial score (nSPS) is 10.8. The molecule has 0 saturated heterocycles. The Labute approximate surface area is 92.8 Å². The summed E-state index contributed by atoms with van der Waals surface area (Å²) >= 11 is 4.01. The zero-order valence-corrected chi connectivity index (χ0v) is 8.88. The standard InChI is InChI=1S/C11H11FO2S/c12-10-7-9(11(13)14)5-4-8(10)3-1-2-6-15/h1,3-5,7,15H,2,6H2,(H,13,14). The van der Waals surface area contributed by atoms with Gasteiger partial charge < -0.3 is 5.11 Å². The van der Waals surface area contributed by atoms with E-state index in [9.17, 15) is 9.18 Å². The molecule has 1 N–H and O–H groups in total. The highest BCUT2D eigenvalue weighted by Crippen LogP contribution is 2.12. The highest BCUT2D eigenvalue weighted by atomic mass is 32.1. The van der Waals surface area contributed by atoms with E-state index in [1.165, 1.54) is 12.1 Å². The van der Waals surface area contributed by atoms with Gasteiger partial charge in [0.2, 0.25) is 0 Å². The quantitative estimate of drug-likeness (QED) is 0.775. The van der Waals surface area contributed by atoms with Gasteiger partial charge in [0.15, 0.2) is 0 Å². The molecule has 0 aliphatic heterocycles. The van der Waals surface area contributed by atoms with Gasteiger partial charge in [0.05, 0.1) is 5.56 Å². The lowest BCUT2D eigenvalue weighted by Crippen LogP contribution is -1.97. The first-order valence-electron chi connectivity index (χ1n) is 4.45. The van der Waals surface area contributed by atoms with Crippen LogP contribution in [0.3, 0.4) is 0 Å². The molecule has 4 heteroatoms. The van der Waals surface area contributed by atoms with Crippen molar-refractivity contribution in [2.45, 2.75) is 6.42 Å². The molecule has 0 amide bonds. The van der Waals surface area contributed by atoms with Gasteiger partial charge >= 0.3 is 5.97 Å². The topological polar surface area (TPSA) is 37.3 Å².